The molecule has 208 valence electrons. The van der Waals surface area contributed by atoms with Gasteiger partial charge in [0.05, 0.1) is 23.6 Å². The predicted octanol–water partition coefficient (Wildman–Crippen LogP) is 2.52. The zero-order chi connectivity index (χ0) is 27.0. The fourth-order valence-corrected chi connectivity index (χ4v) is 6.63. The summed E-state index contributed by atoms with van der Waals surface area (Å²) >= 11 is 0. The van der Waals surface area contributed by atoms with Crippen molar-refractivity contribution >= 4 is 27.3 Å². The van der Waals surface area contributed by atoms with E-state index in [1.165, 1.54) is 4.31 Å². The zero-order valence-corrected chi connectivity index (χ0v) is 22.9. The summed E-state index contributed by atoms with van der Waals surface area (Å²) in [7, 11) is -3.43. The Morgan fingerprint density at radius 2 is 1.89 bits per heavy atom. The van der Waals surface area contributed by atoms with Crippen LogP contribution >= 0.6 is 0 Å². The Balaban J connectivity index is 1.54. The molecule has 1 amide bonds. The van der Waals surface area contributed by atoms with Crippen LogP contribution in [-0.2, 0) is 21.2 Å². The maximum absolute atomic E-state index is 13.6. The minimum Gasteiger partial charge on any atom is -0.390 e. The van der Waals surface area contributed by atoms with Crippen LogP contribution in [0.4, 0.5) is 11.4 Å². The van der Waals surface area contributed by atoms with Gasteiger partial charge in [-0.1, -0.05) is 30.3 Å². The summed E-state index contributed by atoms with van der Waals surface area (Å²) in [6.45, 7) is 4.72. The minimum atomic E-state index is -3.43. The van der Waals surface area contributed by atoms with Crippen molar-refractivity contribution in [1.29, 1.82) is 0 Å². The first kappa shape index (κ1) is 28.4. The minimum absolute atomic E-state index is 0.103. The van der Waals surface area contributed by atoms with Crippen molar-refractivity contribution in [3.05, 3.63) is 59.7 Å². The molecular weight excluding hydrogens is 504 g/mol. The number of anilines is 2. The van der Waals surface area contributed by atoms with E-state index in [-0.39, 0.29) is 17.7 Å². The highest BCUT2D eigenvalue weighted by atomic mass is 32.2. The van der Waals surface area contributed by atoms with E-state index in [0.29, 0.717) is 62.6 Å². The number of aliphatic hydroxyl groups excluding tert-OH is 1. The number of ether oxygens (including phenoxy) is 1. The van der Waals surface area contributed by atoms with E-state index in [2.05, 4.69) is 16.0 Å². The van der Waals surface area contributed by atoms with Gasteiger partial charge in [0.2, 0.25) is 10.0 Å². The lowest BCUT2D eigenvalue weighted by molar-refractivity contribution is 0.0657. The van der Waals surface area contributed by atoms with Gasteiger partial charge in [-0.05, 0) is 62.8 Å². The largest absolute Gasteiger partial charge is 0.390 e. The topological polar surface area (TPSA) is 120 Å². The lowest BCUT2D eigenvalue weighted by Gasteiger charge is -2.30. The molecule has 0 bridgehead atoms. The highest BCUT2D eigenvalue weighted by molar-refractivity contribution is 7.92. The molecule has 2 atom stereocenters. The Kier molecular flexibility index (Phi) is 10.0. The van der Waals surface area contributed by atoms with Gasteiger partial charge in [0, 0.05) is 50.1 Å². The van der Waals surface area contributed by atoms with Crippen molar-refractivity contribution in [3.63, 3.8) is 0 Å². The first-order chi connectivity index (χ1) is 18.4. The molecule has 0 aromatic heterocycles. The van der Waals surface area contributed by atoms with Gasteiger partial charge < -0.3 is 25.8 Å². The van der Waals surface area contributed by atoms with E-state index in [1.807, 2.05) is 37.3 Å². The van der Waals surface area contributed by atoms with Crippen LogP contribution in [0.25, 0.3) is 0 Å². The van der Waals surface area contributed by atoms with Crippen LogP contribution in [0.5, 0.6) is 0 Å². The third-order valence-electron chi connectivity index (χ3n) is 7.11. The summed E-state index contributed by atoms with van der Waals surface area (Å²) in [5, 5.41) is 20.8. The molecule has 4 N–H and O–H groups in total. The average molecular weight is 545 g/mol. The Morgan fingerprint density at radius 3 is 2.61 bits per heavy atom. The van der Waals surface area contributed by atoms with E-state index in [1.54, 1.807) is 18.2 Å². The molecule has 2 saturated heterocycles. The molecule has 38 heavy (non-hydrogen) atoms. The molecule has 2 aliphatic heterocycles. The Hall–Kier alpha value is -2.66. The van der Waals surface area contributed by atoms with Crippen molar-refractivity contribution in [1.82, 2.24) is 10.6 Å². The number of hydrogen-bond acceptors (Lipinski definition) is 7. The first-order valence-electron chi connectivity index (χ1n) is 13.6. The third-order valence-corrected chi connectivity index (χ3v) is 8.98. The van der Waals surface area contributed by atoms with Crippen molar-refractivity contribution in [2.24, 2.45) is 0 Å². The smallest absolute Gasteiger partial charge is 0.251 e. The molecule has 0 saturated carbocycles. The maximum atomic E-state index is 13.6. The van der Waals surface area contributed by atoms with Crippen molar-refractivity contribution < 1.29 is 23.1 Å². The highest BCUT2D eigenvalue weighted by Gasteiger charge is 2.28. The van der Waals surface area contributed by atoms with E-state index in [9.17, 15) is 18.3 Å². The first-order valence-corrected chi connectivity index (χ1v) is 15.2. The summed E-state index contributed by atoms with van der Waals surface area (Å²) < 4.78 is 32.4. The molecule has 2 heterocycles. The van der Waals surface area contributed by atoms with Crippen molar-refractivity contribution in [3.8, 4) is 0 Å². The number of rotatable bonds is 11. The molecule has 2 aromatic carbocycles. The number of amides is 1. The Bertz CT molecular complexity index is 1160. The van der Waals surface area contributed by atoms with Gasteiger partial charge in [0.1, 0.15) is 0 Å². The zero-order valence-electron chi connectivity index (χ0n) is 22.1. The average Bonchev–Trinajstić information content (AvgIpc) is 2.92. The van der Waals surface area contributed by atoms with Gasteiger partial charge in [-0.15, -0.1) is 0 Å². The number of carbonyl (C=O) groups is 1. The number of sulfonamides is 1. The van der Waals surface area contributed by atoms with E-state index >= 15 is 0 Å². The van der Waals surface area contributed by atoms with Crippen LogP contribution in [0.3, 0.4) is 0 Å². The number of benzene rings is 2. The molecule has 2 aliphatic rings. The van der Waals surface area contributed by atoms with Gasteiger partial charge in [0.25, 0.3) is 5.91 Å². The summed E-state index contributed by atoms with van der Waals surface area (Å²) in [4.78, 5) is 13.6. The molecule has 2 aromatic rings. The summed E-state index contributed by atoms with van der Waals surface area (Å²) in [6.07, 6.45) is 2.84. The van der Waals surface area contributed by atoms with Gasteiger partial charge >= 0.3 is 0 Å². The predicted molar refractivity (Wildman–Crippen MR) is 150 cm³/mol. The second-order valence-electron chi connectivity index (χ2n) is 10.0. The molecule has 0 aliphatic carbocycles. The quantitative estimate of drug-likeness (QED) is 0.343. The maximum Gasteiger partial charge on any atom is 0.251 e. The van der Waals surface area contributed by atoms with Crippen LogP contribution in [0.2, 0.25) is 0 Å². The van der Waals surface area contributed by atoms with E-state index < -0.39 is 22.2 Å². The highest BCUT2D eigenvalue weighted by Crippen LogP contribution is 2.28. The van der Waals surface area contributed by atoms with Crippen molar-refractivity contribution in [2.75, 3.05) is 48.2 Å². The van der Waals surface area contributed by atoms with Crippen LogP contribution in [0.1, 0.15) is 48.5 Å². The second-order valence-corrected chi connectivity index (χ2v) is 12.0. The molecular formula is C28H40N4O5S. The van der Waals surface area contributed by atoms with E-state index in [0.717, 1.165) is 24.8 Å². The number of nitrogens with one attached hydrogen (secondary N) is 3. The SMILES string of the molecule is CCNc1cc(C(=O)N[C@@H](Cc2ccccc2)[C@H](O)CNC2CCOCC2)cc(N2CCCCS2(=O)=O)c1. The Morgan fingerprint density at radius 1 is 1.13 bits per heavy atom. The molecule has 2 fully saturated rings. The molecule has 9 nitrogen and oxygen atoms in total. The fourth-order valence-electron chi connectivity index (χ4n) is 5.01. The lowest BCUT2D eigenvalue weighted by Crippen LogP contribution is -2.50. The Labute approximate surface area is 226 Å². The van der Waals surface area contributed by atoms with Crippen LogP contribution in [-0.4, -0.2) is 76.2 Å². The van der Waals surface area contributed by atoms with Gasteiger partial charge in [0.15, 0.2) is 0 Å². The van der Waals surface area contributed by atoms with Crippen molar-refractivity contribution in [2.45, 2.75) is 57.2 Å². The van der Waals surface area contributed by atoms with Gasteiger partial charge in [-0.2, -0.15) is 0 Å². The molecule has 4 rings (SSSR count). The monoisotopic (exact) mass is 544 g/mol. The number of carbonyl (C=O) groups excluding carboxylic acids is 1. The van der Waals surface area contributed by atoms with Crippen LogP contribution in [0.15, 0.2) is 48.5 Å². The molecule has 0 spiro atoms. The van der Waals surface area contributed by atoms with E-state index in [4.69, 9.17) is 4.74 Å². The fraction of sp³-hybridized carbons (Fsp3) is 0.536. The summed E-state index contributed by atoms with van der Waals surface area (Å²) in [5.74, 6) is -0.253. The lowest BCUT2D eigenvalue weighted by atomic mass is 9.99. The van der Waals surface area contributed by atoms with Gasteiger partial charge in [-0.3, -0.25) is 9.10 Å². The third kappa shape index (κ3) is 7.69. The summed E-state index contributed by atoms with van der Waals surface area (Å²) in [5.41, 5.74) is 2.51. The number of aliphatic hydroxyl groups is 1. The molecule has 10 heteroatoms. The standard InChI is InChI=1S/C28H40N4O5S/c1-2-29-24-17-22(18-25(19-24)32-12-6-7-15-38(32,35)36)28(34)31-26(16-21-8-4-3-5-9-21)27(33)20-30-23-10-13-37-14-11-23/h3-5,8-9,17-19,23,26-27,29-30,33H,2,6-7,10-16,20H2,1H3,(H,31,34)/t26-,27+/m0/s1. The van der Waals surface area contributed by atoms with Crippen LogP contribution < -0.4 is 20.3 Å². The second kappa shape index (κ2) is 13.4. The summed E-state index contributed by atoms with van der Waals surface area (Å²) in [6, 6.07) is 14.6. The van der Waals surface area contributed by atoms with Gasteiger partial charge in [-0.25, -0.2) is 8.42 Å². The molecule has 0 radical (unpaired) electrons. The molecule has 0 unspecified atom stereocenters. The number of nitrogens with zero attached hydrogens (tertiary/aromatic N) is 1. The normalized spacial score (nSPS) is 19.5. The number of hydrogen-bond donors (Lipinski definition) is 4. The van der Waals surface area contributed by atoms with Crippen LogP contribution in [0, 0.1) is 0 Å².